The van der Waals surface area contributed by atoms with E-state index in [1.165, 1.54) is 10.3 Å². The minimum atomic E-state index is 0. The molecule has 0 bridgehead atoms. The maximum atomic E-state index is 7.13. The summed E-state index contributed by atoms with van der Waals surface area (Å²) in [6, 6.07) is 20.1. The standard InChI is InChI=1S/2C9H8N2.2CNS.Co/c2*1-2-4-8(5-3-1)9-10-6-7-11-9;2*2-1-3;/h2*1-7H,(H,10,11);;;/q;;2*-1;+2. The van der Waals surface area contributed by atoms with Gasteiger partial charge in [-0.2, -0.15) is 10.3 Å². The van der Waals surface area contributed by atoms with Gasteiger partial charge in [-0.05, 0) is 0 Å². The Labute approximate surface area is 190 Å². The Morgan fingerprint density at radius 2 is 0.966 bits per heavy atom. The fraction of sp³-hybridized carbons (Fsp3) is 0. The molecule has 0 saturated heterocycles. The van der Waals surface area contributed by atoms with Crippen LogP contribution >= 0.6 is 24.4 Å². The van der Waals surface area contributed by atoms with Gasteiger partial charge in [-0.25, -0.2) is 9.97 Å². The van der Waals surface area contributed by atoms with Crippen molar-refractivity contribution in [3.63, 3.8) is 0 Å². The molecule has 4 rings (SSSR count). The first-order valence-corrected chi connectivity index (χ1v) is 8.70. The van der Waals surface area contributed by atoms with Crippen molar-refractivity contribution in [3.8, 4) is 22.8 Å². The van der Waals surface area contributed by atoms with Gasteiger partial charge in [0.1, 0.15) is 11.6 Å². The Bertz CT molecular complexity index is 865. The molecule has 0 atom stereocenters. The molecule has 4 aromatic rings. The predicted octanol–water partition coefficient (Wildman–Crippen LogP) is 5.47. The minimum Gasteiger partial charge on any atom is -0.753 e. The number of nitrogens with one attached hydrogen (secondary N) is 2. The number of thiocarbonyl (C=S) groups is 2. The van der Waals surface area contributed by atoms with Crippen molar-refractivity contribution in [2.24, 2.45) is 0 Å². The van der Waals surface area contributed by atoms with E-state index in [9.17, 15) is 0 Å². The summed E-state index contributed by atoms with van der Waals surface area (Å²) < 4.78 is 0. The number of hydrogen-bond acceptors (Lipinski definition) is 4. The second kappa shape index (κ2) is 17.1. The molecular formula is C20H16CoN6S2. The van der Waals surface area contributed by atoms with Crippen molar-refractivity contribution >= 4 is 34.8 Å². The van der Waals surface area contributed by atoms with E-state index in [-0.39, 0.29) is 16.8 Å². The first-order valence-electron chi connectivity index (χ1n) is 7.88. The molecule has 0 aliphatic rings. The Kier molecular flexibility index (Phi) is 15.3. The van der Waals surface area contributed by atoms with Crippen molar-refractivity contribution in [2.45, 2.75) is 0 Å². The van der Waals surface area contributed by atoms with E-state index in [1.54, 1.807) is 12.4 Å². The third-order valence-corrected chi connectivity index (χ3v) is 3.09. The first kappa shape index (κ1) is 26.0. The van der Waals surface area contributed by atoms with Gasteiger partial charge in [0.05, 0.1) is 0 Å². The van der Waals surface area contributed by atoms with Gasteiger partial charge in [-0.15, -0.1) is 0 Å². The number of aromatic nitrogens is 4. The number of H-pyrrole nitrogens is 2. The summed E-state index contributed by atoms with van der Waals surface area (Å²) in [4.78, 5) is 14.3. The van der Waals surface area contributed by atoms with Crippen LogP contribution in [0, 0.1) is 0 Å². The summed E-state index contributed by atoms with van der Waals surface area (Å²) in [5.41, 5.74) is 2.25. The topological polar surface area (TPSA) is 102 Å². The van der Waals surface area contributed by atoms with Gasteiger partial charge < -0.3 is 20.8 Å². The second-order valence-corrected chi connectivity index (χ2v) is 5.16. The molecular weight excluding hydrogens is 447 g/mol. The smallest absolute Gasteiger partial charge is 0.753 e. The fourth-order valence-corrected chi connectivity index (χ4v) is 2.04. The van der Waals surface area contributed by atoms with Crippen molar-refractivity contribution in [3.05, 3.63) is 96.3 Å². The average Bonchev–Trinajstić information content (AvgIpc) is 3.46. The Morgan fingerprint density at radius 3 is 1.21 bits per heavy atom. The number of imidazole rings is 2. The van der Waals surface area contributed by atoms with Gasteiger partial charge in [0, 0.05) is 35.9 Å². The number of benzene rings is 2. The number of nitrogens with zero attached hydrogens (tertiary/aromatic N) is 4. The zero-order valence-corrected chi connectivity index (χ0v) is 17.7. The zero-order chi connectivity index (χ0) is 20.5. The molecule has 2 aromatic carbocycles. The summed E-state index contributed by atoms with van der Waals surface area (Å²) in [6.07, 6.45) is 7.15. The van der Waals surface area contributed by atoms with E-state index in [2.05, 4.69) is 44.4 Å². The van der Waals surface area contributed by atoms with E-state index in [0.717, 1.165) is 22.8 Å². The molecule has 147 valence electrons. The molecule has 2 N–H and O–H groups in total. The van der Waals surface area contributed by atoms with Crippen LogP contribution in [0.15, 0.2) is 85.5 Å². The normalized spacial score (nSPS) is 8.00. The van der Waals surface area contributed by atoms with Crippen LogP contribution in [-0.2, 0) is 16.8 Å². The molecule has 0 amide bonds. The summed E-state index contributed by atoms with van der Waals surface area (Å²) >= 11 is 7.40. The summed E-state index contributed by atoms with van der Waals surface area (Å²) in [7, 11) is 0. The van der Waals surface area contributed by atoms with Crippen molar-refractivity contribution < 1.29 is 16.8 Å². The van der Waals surface area contributed by atoms with Gasteiger partial charge in [-0.3, -0.25) is 0 Å². The number of hydrogen-bond donors (Lipinski definition) is 2. The number of aromatic amines is 2. The second-order valence-electron chi connectivity index (χ2n) is 4.79. The summed E-state index contributed by atoms with van der Waals surface area (Å²) in [5, 5.41) is 16.9. The van der Waals surface area contributed by atoms with E-state index >= 15 is 0 Å². The molecule has 0 aliphatic heterocycles. The van der Waals surface area contributed by atoms with Crippen LogP contribution in [0.5, 0.6) is 0 Å². The SMILES string of the molecule is [Co+2].[N-]=C=S.[N-]=C=S.c1ccc(-c2ncc[nH]2)cc1.c1ccc(-c2ncc[nH]2)cc1. The fourth-order valence-electron chi connectivity index (χ4n) is 2.04. The van der Waals surface area contributed by atoms with Crippen LogP contribution in [0.4, 0.5) is 0 Å². The van der Waals surface area contributed by atoms with E-state index in [0.29, 0.717) is 0 Å². The average molecular weight is 463 g/mol. The molecule has 0 saturated carbocycles. The molecule has 2 aromatic heterocycles. The van der Waals surface area contributed by atoms with Gasteiger partial charge in [0.25, 0.3) is 0 Å². The van der Waals surface area contributed by atoms with Crippen molar-refractivity contribution in [1.29, 1.82) is 0 Å². The number of rotatable bonds is 2. The van der Waals surface area contributed by atoms with Crippen LogP contribution < -0.4 is 0 Å². The summed E-state index contributed by atoms with van der Waals surface area (Å²) in [5.74, 6) is 1.84. The monoisotopic (exact) mass is 463 g/mol. The largest absolute Gasteiger partial charge is 2.00 e. The Balaban J connectivity index is 0.000000416. The van der Waals surface area contributed by atoms with Gasteiger partial charge in [0.15, 0.2) is 0 Å². The van der Waals surface area contributed by atoms with Crippen LogP contribution in [-0.4, -0.2) is 30.3 Å². The van der Waals surface area contributed by atoms with E-state index in [1.807, 2.05) is 73.1 Å². The maximum absolute atomic E-state index is 7.13. The molecule has 29 heavy (non-hydrogen) atoms. The van der Waals surface area contributed by atoms with E-state index in [4.69, 9.17) is 10.8 Å². The molecule has 0 unspecified atom stereocenters. The minimum absolute atomic E-state index is 0. The molecule has 0 aliphatic carbocycles. The van der Waals surface area contributed by atoms with Crippen LogP contribution in [0.25, 0.3) is 33.6 Å². The first-order chi connectivity index (χ1) is 13.8. The van der Waals surface area contributed by atoms with Crippen molar-refractivity contribution in [1.82, 2.24) is 19.9 Å². The molecule has 9 heteroatoms. The Hall–Kier alpha value is -3.03. The third-order valence-electron chi connectivity index (χ3n) is 3.09. The predicted molar refractivity (Wildman–Crippen MR) is 120 cm³/mol. The maximum Gasteiger partial charge on any atom is 2.00 e. The zero-order valence-electron chi connectivity index (χ0n) is 15.0. The van der Waals surface area contributed by atoms with Crippen LogP contribution in [0.3, 0.4) is 0 Å². The summed E-state index contributed by atoms with van der Waals surface area (Å²) in [6.45, 7) is 0. The van der Waals surface area contributed by atoms with E-state index < -0.39 is 0 Å². The van der Waals surface area contributed by atoms with Gasteiger partial charge in [0.2, 0.25) is 0 Å². The Morgan fingerprint density at radius 1 is 0.655 bits per heavy atom. The number of isothiocyanates is 2. The van der Waals surface area contributed by atoms with Gasteiger partial charge in [-0.1, -0.05) is 85.1 Å². The van der Waals surface area contributed by atoms with Crippen molar-refractivity contribution in [2.75, 3.05) is 0 Å². The molecule has 0 spiro atoms. The quantitative estimate of drug-likeness (QED) is 0.304. The van der Waals surface area contributed by atoms with Crippen LogP contribution in [0.2, 0.25) is 0 Å². The molecule has 6 nitrogen and oxygen atoms in total. The molecule has 0 fully saturated rings. The molecule has 2 heterocycles. The molecule has 1 radical (unpaired) electrons. The third kappa shape index (κ3) is 10.8. The van der Waals surface area contributed by atoms with Gasteiger partial charge >= 0.3 is 16.8 Å². The van der Waals surface area contributed by atoms with Crippen LogP contribution in [0.1, 0.15) is 0 Å².